The van der Waals surface area contributed by atoms with E-state index in [9.17, 15) is 35.6 Å². The van der Waals surface area contributed by atoms with Crippen molar-refractivity contribution in [2.45, 2.75) is 12.9 Å². The number of nitrogens with two attached hydrogens (primary N) is 1. The van der Waals surface area contributed by atoms with Crippen LogP contribution in [0.2, 0.25) is 0 Å². The largest absolute Gasteiger partial charge is 0.573 e. The molecule has 2 aromatic carbocycles. The first-order valence-electron chi connectivity index (χ1n) is 9.80. The second-order valence-corrected chi connectivity index (χ2v) is 9.63. The van der Waals surface area contributed by atoms with E-state index in [0.717, 1.165) is 23.1 Å². The number of urea groups is 1. The van der Waals surface area contributed by atoms with E-state index in [0.29, 0.717) is 0 Å². The van der Waals surface area contributed by atoms with Crippen LogP contribution in [0.15, 0.2) is 42.5 Å². The Morgan fingerprint density at radius 2 is 1.71 bits per heavy atom. The lowest BCUT2D eigenvalue weighted by atomic mass is 10.1. The molecule has 0 saturated carbocycles. The third-order valence-electron chi connectivity index (χ3n) is 5.00. The fourth-order valence-corrected chi connectivity index (χ4v) is 4.44. The number of nitrogens with one attached hydrogen (secondary N) is 1. The first-order valence-corrected chi connectivity index (χ1v) is 11.6. The van der Waals surface area contributed by atoms with Gasteiger partial charge in [-0.2, -0.15) is 0 Å². The number of benzene rings is 2. The van der Waals surface area contributed by atoms with Crippen LogP contribution in [-0.4, -0.2) is 56.2 Å². The van der Waals surface area contributed by atoms with Crippen molar-refractivity contribution in [3.63, 3.8) is 0 Å². The molecule has 1 fully saturated rings. The predicted octanol–water partition coefficient (Wildman–Crippen LogP) is 2.18. The van der Waals surface area contributed by atoms with Crippen LogP contribution in [0.3, 0.4) is 0 Å². The molecule has 0 aliphatic carbocycles. The van der Waals surface area contributed by atoms with Crippen molar-refractivity contribution in [2.24, 2.45) is 5.84 Å². The highest BCUT2D eigenvalue weighted by molar-refractivity contribution is 7.91. The third-order valence-corrected chi connectivity index (χ3v) is 6.61. The van der Waals surface area contributed by atoms with E-state index in [1.165, 1.54) is 29.2 Å². The number of alkyl halides is 3. The summed E-state index contributed by atoms with van der Waals surface area (Å²) in [6.45, 7) is -0.534. The summed E-state index contributed by atoms with van der Waals surface area (Å²) in [4.78, 5) is 27.2. The lowest BCUT2D eigenvalue weighted by molar-refractivity contribution is -0.274. The maximum Gasteiger partial charge on any atom is 0.573 e. The van der Waals surface area contributed by atoms with Gasteiger partial charge in [0.15, 0.2) is 9.84 Å². The summed E-state index contributed by atoms with van der Waals surface area (Å²) in [7, 11) is -3.29. The minimum absolute atomic E-state index is 0.00201. The standard InChI is InChI=1S/C20H20F4N4O5S/c21-17-11-13(18(29)26-25)1-2-14(17)12-28(19(30)27-7-9-34(31,32)10-8-27)15-3-5-16(6-4-15)33-20(22,23)24/h1-6,11H,7-10,12,25H2,(H,26,29). The number of nitrogens with zero attached hydrogens (tertiary/aromatic N) is 2. The molecular formula is C20H20F4N4O5S. The first-order chi connectivity index (χ1) is 15.9. The number of hydrogen-bond acceptors (Lipinski definition) is 6. The van der Waals surface area contributed by atoms with Crippen molar-refractivity contribution >= 4 is 27.5 Å². The molecule has 9 nitrogen and oxygen atoms in total. The topological polar surface area (TPSA) is 122 Å². The van der Waals surface area contributed by atoms with E-state index >= 15 is 0 Å². The third kappa shape index (κ3) is 6.35. The lowest BCUT2D eigenvalue weighted by Gasteiger charge is -2.33. The molecule has 3 N–H and O–H groups in total. The molecular weight excluding hydrogens is 484 g/mol. The molecule has 184 valence electrons. The van der Waals surface area contributed by atoms with E-state index in [4.69, 9.17) is 5.84 Å². The van der Waals surface area contributed by atoms with Gasteiger partial charge in [-0.1, -0.05) is 6.07 Å². The zero-order chi connectivity index (χ0) is 25.1. The minimum Gasteiger partial charge on any atom is -0.406 e. The lowest BCUT2D eigenvalue weighted by Crippen LogP contribution is -2.49. The van der Waals surface area contributed by atoms with Crippen LogP contribution >= 0.6 is 0 Å². The van der Waals surface area contributed by atoms with E-state index in [2.05, 4.69) is 4.74 Å². The second kappa shape index (κ2) is 9.85. The summed E-state index contributed by atoms with van der Waals surface area (Å²) in [5.41, 5.74) is 1.93. The van der Waals surface area contributed by atoms with Crippen LogP contribution in [-0.2, 0) is 16.4 Å². The van der Waals surface area contributed by atoms with E-state index in [-0.39, 0.29) is 48.0 Å². The Labute approximate surface area is 192 Å². The monoisotopic (exact) mass is 504 g/mol. The van der Waals surface area contributed by atoms with Gasteiger partial charge in [-0.05, 0) is 36.4 Å². The van der Waals surface area contributed by atoms with Crippen LogP contribution in [0, 0.1) is 5.82 Å². The smallest absolute Gasteiger partial charge is 0.406 e. The van der Waals surface area contributed by atoms with Crippen molar-refractivity contribution in [1.29, 1.82) is 0 Å². The number of rotatable bonds is 5. The first kappa shape index (κ1) is 25.2. The molecule has 3 rings (SSSR count). The molecule has 0 aromatic heterocycles. The Balaban J connectivity index is 1.91. The molecule has 34 heavy (non-hydrogen) atoms. The van der Waals surface area contributed by atoms with Gasteiger partial charge in [-0.3, -0.25) is 15.1 Å². The van der Waals surface area contributed by atoms with Crippen molar-refractivity contribution in [3.8, 4) is 5.75 Å². The number of hydrazine groups is 1. The fraction of sp³-hybridized carbons (Fsp3) is 0.300. The number of ether oxygens (including phenoxy) is 1. The van der Waals surface area contributed by atoms with Crippen LogP contribution in [0.25, 0.3) is 0 Å². The molecule has 2 aromatic rings. The van der Waals surface area contributed by atoms with E-state index < -0.39 is 39.7 Å². The Morgan fingerprint density at radius 1 is 1.09 bits per heavy atom. The molecule has 1 saturated heterocycles. The molecule has 14 heteroatoms. The molecule has 0 bridgehead atoms. The average Bonchev–Trinajstić information content (AvgIpc) is 2.77. The summed E-state index contributed by atoms with van der Waals surface area (Å²) < 4.78 is 79.3. The maximum atomic E-state index is 14.7. The molecule has 1 heterocycles. The van der Waals surface area contributed by atoms with Crippen LogP contribution in [0.1, 0.15) is 15.9 Å². The van der Waals surface area contributed by atoms with Crippen molar-refractivity contribution < 1.29 is 40.3 Å². The highest BCUT2D eigenvalue weighted by Crippen LogP contribution is 2.27. The van der Waals surface area contributed by atoms with Gasteiger partial charge < -0.3 is 9.64 Å². The summed E-state index contributed by atoms with van der Waals surface area (Å²) in [5.74, 6) is 2.47. The SMILES string of the molecule is NNC(=O)c1ccc(CN(C(=O)N2CCS(=O)(=O)CC2)c2ccc(OC(F)(F)F)cc2)c(F)c1. The summed E-state index contributed by atoms with van der Waals surface area (Å²) in [6, 6.07) is 7.18. The van der Waals surface area contributed by atoms with Crippen LogP contribution in [0.5, 0.6) is 5.75 Å². The second-order valence-electron chi connectivity index (χ2n) is 7.33. The van der Waals surface area contributed by atoms with Crippen molar-refractivity contribution in [3.05, 3.63) is 59.4 Å². The van der Waals surface area contributed by atoms with Gasteiger partial charge in [0.1, 0.15) is 11.6 Å². The Bertz CT molecular complexity index is 1160. The average molecular weight is 504 g/mol. The Hall–Kier alpha value is -3.39. The highest BCUT2D eigenvalue weighted by atomic mass is 32.2. The van der Waals surface area contributed by atoms with Crippen molar-refractivity contribution in [1.82, 2.24) is 10.3 Å². The van der Waals surface area contributed by atoms with Gasteiger partial charge in [0.05, 0.1) is 18.1 Å². The van der Waals surface area contributed by atoms with Gasteiger partial charge in [-0.25, -0.2) is 23.4 Å². The van der Waals surface area contributed by atoms with Gasteiger partial charge in [-0.15, -0.1) is 13.2 Å². The highest BCUT2D eigenvalue weighted by Gasteiger charge is 2.32. The van der Waals surface area contributed by atoms with Crippen LogP contribution in [0.4, 0.5) is 28.0 Å². The molecule has 0 atom stereocenters. The van der Waals surface area contributed by atoms with Gasteiger partial charge >= 0.3 is 12.4 Å². The molecule has 1 aliphatic heterocycles. The Kier molecular flexibility index (Phi) is 7.31. The predicted molar refractivity (Wildman–Crippen MR) is 113 cm³/mol. The number of halogens is 4. The normalized spacial score (nSPS) is 15.5. The minimum atomic E-state index is -4.91. The van der Waals surface area contributed by atoms with Gasteiger partial charge in [0, 0.05) is 29.9 Å². The van der Waals surface area contributed by atoms with Gasteiger partial charge in [0.2, 0.25) is 0 Å². The number of sulfone groups is 1. The molecule has 0 spiro atoms. The zero-order valence-electron chi connectivity index (χ0n) is 17.5. The van der Waals surface area contributed by atoms with Gasteiger partial charge in [0.25, 0.3) is 5.91 Å². The number of amides is 3. The maximum absolute atomic E-state index is 14.7. The number of anilines is 1. The summed E-state index contributed by atoms with van der Waals surface area (Å²) in [5, 5.41) is 0. The summed E-state index contributed by atoms with van der Waals surface area (Å²) >= 11 is 0. The summed E-state index contributed by atoms with van der Waals surface area (Å²) in [6.07, 6.45) is -4.91. The Morgan fingerprint density at radius 3 is 2.24 bits per heavy atom. The number of carbonyl (C=O) groups is 2. The number of carbonyl (C=O) groups excluding carboxylic acids is 2. The van der Waals surface area contributed by atoms with E-state index in [1.807, 2.05) is 5.43 Å². The van der Waals surface area contributed by atoms with E-state index in [1.54, 1.807) is 0 Å². The molecule has 3 amide bonds. The molecule has 0 radical (unpaired) electrons. The zero-order valence-corrected chi connectivity index (χ0v) is 18.3. The number of hydrogen-bond donors (Lipinski definition) is 2. The molecule has 1 aliphatic rings. The quantitative estimate of drug-likeness (QED) is 0.279. The van der Waals surface area contributed by atoms with Crippen LogP contribution < -0.4 is 20.9 Å². The number of nitrogen functional groups attached to an aromatic ring is 1. The molecule has 0 unspecified atom stereocenters. The van der Waals surface area contributed by atoms with Crippen molar-refractivity contribution in [2.75, 3.05) is 29.5 Å². The fourth-order valence-electron chi connectivity index (χ4n) is 3.24.